The zero-order chi connectivity index (χ0) is 19.9. The molecule has 0 N–H and O–H groups in total. The first-order valence-electron chi connectivity index (χ1n) is 8.66. The molecule has 8 nitrogen and oxygen atoms in total. The van der Waals surface area contributed by atoms with Gasteiger partial charge in [-0.25, -0.2) is 8.42 Å². The minimum Gasteiger partial charge on any atom is -0.338 e. The van der Waals surface area contributed by atoms with Crippen molar-refractivity contribution in [3.05, 3.63) is 52.9 Å². The van der Waals surface area contributed by atoms with Gasteiger partial charge < -0.3 is 4.90 Å². The van der Waals surface area contributed by atoms with Crippen molar-refractivity contribution in [1.29, 1.82) is 0 Å². The van der Waals surface area contributed by atoms with E-state index in [1.54, 1.807) is 41.8 Å². The maximum atomic E-state index is 12.6. The van der Waals surface area contributed by atoms with Crippen LogP contribution in [0.3, 0.4) is 0 Å². The second-order valence-electron chi connectivity index (χ2n) is 6.46. The minimum absolute atomic E-state index is 0.175. The zero-order valence-electron chi connectivity index (χ0n) is 14.8. The number of piperazine rings is 1. The number of hydrogen-bond acceptors (Lipinski definition) is 6. The van der Waals surface area contributed by atoms with Crippen LogP contribution < -0.4 is 0 Å². The van der Waals surface area contributed by atoms with Gasteiger partial charge in [0.15, 0.2) is 0 Å². The van der Waals surface area contributed by atoms with Gasteiger partial charge in [-0.3, -0.25) is 19.3 Å². The van der Waals surface area contributed by atoms with Crippen LogP contribution in [0.4, 0.5) is 0 Å². The minimum atomic E-state index is -3.55. The summed E-state index contributed by atoms with van der Waals surface area (Å²) in [5, 5.41) is 1.70. The molecule has 146 valence electrons. The van der Waals surface area contributed by atoms with Crippen LogP contribution in [0, 0.1) is 0 Å². The third kappa shape index (κ3) is 3.13. The van der Waals surface area contributed by atoms with Gasteiger partial charge in [0.1, 0.15) is 10.8 Å². The van der Waals surface area contributed by atoms with Gasteiger partial charge in [0, 0.05) is 26.2 Å². The summed E-state index contributed by atoms with van der Waals surface area (Å²) in [6.07, 6.45) is 0. The number of fused-ring (bicyclic) bond motifs is 1. The Bertz CT molecular complexity index is 1010. The van der Waals surface area contributed by atoms with Crippen LogP contribution in [0.15, 0.2) is 46.0 Å². The van der Waals surface area contributed by atoms with Crippen molar-refractivity contribution in [3.8, 4) is 0 Å². The predicted molar refractivity (Wildman–Crippen MR) is 101 cm³/mol. The quantitative estimate of drug-likeness (QED) is 0.686. The Labute approximate surface area is 166 Å². The highest BCUT2D eigenvalue weighted by Gasteiger charge is 2.38. The van der Waals surface area contributed by atoms with Crippen LogP contribution in [0.1, 0.15) is 20.7 Å². The Morgan fingerprint density at radius 1 is 0.929 bits per heavy atom. The molecule has 1 saturated heterocycles. The van der Waals surface area contributed by atoms with E-state index in [1.807, 2.05) is 0 Å². The van der Waals surface area contributed by atoms with Crippen molar-refractivity contribution in [1.82, 2.24) is 14.1 Å². The van der Waals surface area contributed by atoms with Gasteiger partial charge in [0.2, 0.25) is 5.91 Å². The van der Waals surface area contributed by atoms with E-state index in [4.69, 9.17) is 0 Å². The standard InChI is InChI=1S/C18H17N3O5S2/c22-15(12-21-17(23)13-4-1-2-5-14(13)18(21)24)19-7-9-20(10-8-19)28(25,26)16-6-3-11-27-16/h1-6,11H,7-10,12H2. The fourth-order valence-electron chi connectivity index (χ4n) is 3.33. The van der Waals surface area contributed by atoms with E-state index >= 15 is 0 Å². The molecule has 2 aliphatic heterocycles. The van der Waals surface area contributed by atoms with Gasteiger partial charge in [-0.05, 0) is 23.6 Å². The largest absolute Gasteiger partial charge is 0.338 e. The molecular weight excluding hydrogens is 402 g/mol. The van der Waals surface area contributed by atoms with Crippen molar-refractivity contribution in [3.63, 3.8) is 0 Å². The fraction of sp³-hybridized carbons (Fsp3) is 0.278. The molecule has 0 spiro atoms. The van der Waals surface area contributed by atoms with Gasteiger partial charge in [-0.1, -0.05) is 18.2 Å². The number of carbonyl (C=O) groups is 3. The molecule has 1 aromatic carbocycles. The SMILES string of the molecule is O=C(CN1C(=O)c2ccccc2C1=O)N1CCN(S(=O)(=O)c2cccs2)CC1. The molecule has 2 aliphatic rings. The molecule has 4 rings (SSSR count). The molecule has 0 aliphatic carbocycles. The van der Waals surface area contributed by atoms with E-state index < -0.39 is 21.8 Å². The lowest BCUT2D eigenvalue weighted by molar-refractivity contribution is -0.132. The first-order valence-corrected chi connectivity index (χ1v) is 11.0. The average molecular weight is 419 g/mol. The van der Waals surface area contributed by atoms with Crippen LogP contribution >= 0.6 is 11.3 Å². The van der Waals surface area contributed by atoms with Crippen molar-refractivity contribution in [2.75, 3.05) is 32.7 Å². The van der Waals surface area contributed by atoms with Crippen LogP contribution in [0.5, 0.6) is 0 Å². The lowest BCUT2D eigenvalue weighted by atomic mass is 10.1. The van der Waals surface area contributed by atoms with E-state index in [1.165, 1.54) is 9.21 Å². The molecule has 0 atom stereocenters. The zero-order valence-corrected chi connectivity index (χ0v) is 16.4. The number of hydrogen-bond donors (Lipinski definition) is 0. The Morgan fingerprint density at radius 3 is 2.07 bits per heavy atom. The molecular formula is C18H17N3O5S2. The van der Waals surface area contributed by atoms with E-state index in [2.05, 4.69) is 0 Å². The van der Waals surface area contributed by atoms with Crippen molar-refractivity contribution in [2.45, 2.75) is 4.21 Å². The first kappa shape index (κ1) is 18.8. The molecule has 3 amide bonds. The summed E-state index contributed by atoms with van der Waals surface area (Å²) < 4.78 is 26.7. The summed E-state index contributed by atoms with van der Waals surface area (Å²) in [4.78, 5) is 39.8. The maximum absolute atomic E-state index is 12.6. The Kier molecular flexibility index (Phi) is 4.77. The van der Waals surface area contributed by atoms with Gasteiger partial charge in [0.25, 0.3) is 21.8 Å². The molecule has 0 radical (unpaired) electrons. The van der Waals surface area contributed by atoms with Crippen LogP contribution in [0.2, 0.25) is 0 Å². The molecule has 1 aromatic heterocycles. The molecule has 1 fully saturated rings. The normalized spacial score (nSPS) is 17.9. The number of rotatable bonds is 4. The maximum Gasteiger partial charge on any atom is 0.262 e. The van der Waals surface area contributed by atoms with Crippen molar-refractivity contribution < 1.29 is 22.8 Å². The number of carbonyl (C=O) groups excluding carboxylic acids is 3. The number of benzene rings is 1. The lowest BCUT2D eigenvalue weighted by Crippen LogP contribution is -2.52. The molecule has 10 heteroatoms. The lowest BCUT2D eigenvalue weighted by Gasteiger charge is -2.34. The van der Waals surface area contributed by atoms with E-state index in [0.717, 1.165) is 16.2 Å². The van der Waals surface area contributed by atoms with Crippen LogP contribution in [0.25, 0.3) is 0 Å². The Hall–Kier alpha value is -2.56. The molecule has 3 heterocycles. The van der Waals surface area contributed by atoms with Crippen LogP contribution in [-0.2, 0) is 14.8 Å². The number of imide groups is 1. The van der Waals surface area contributed by atoms with Crippen molar-refractivity contribution >= 4 is 39.1 Å². The third-order valence-electron chi connectivity index (χ3n) is 4.85. The van der Waals surface area contributed by atoms with E-state index in [-0.39, 0.29) is 42.8 Å². The third-order valence-corrected chi connectivity index (χ3v) is 8.12. The molecule has 0 saturated carbocycles. The molecule has 2 aromatic rings. The summed E-state index contributed by atoms with van der Waals surface area (Å²) in [5.41, 5.74) is 0.597. The summed E-state index contributed by atoms with van der Waals surface area (Å²) in [7, 11) is -3.55. The van der Waals surface area contributed by atoms with E-state index in [9.17, 15) is 22.8 Å². The molecule has 0 bridgehead atoms. The average Bonchev–Trinajstić information content (AvgIpc) is 3.33. The highest BCUT2D eigenvalue weighted by atomic mass is 32.2. The second-order valence-corrected chi connectivity index (χ2v) is 9.57. The Morgan fingerprint density at radius 2 is 1.54 bits per heavy atom. The summed E-state index contributed by atoms with van der Waals surface area (Å²) in [6.45, 7) is 0.436. The van der Waals surface area contributed by atoms with Gasteiger partial charge in [0.05, 0.1) is 11.1 Å². The predicted octanol–water partition coefficient (Wildman–Crippen LogP) is 0.877. The summed E-state index contributed by atoms with van der Waals surface area (Å²) in [5.74, 6) is -1.33. The summed E-state index contributed by atoms with van der Waals surface area (Å²) in [6, 6.07) is 9.70. The number of sulfonamides is 1. The fourth-order valence-corrected chi connectivity index (χ4v) is 5.90. The number of thiophene rings is 1. The summed E-state index contributed by atoms with van der Waals surface area (Å²) >= 11 is 1.15. The smallest absolute Gasteiger partial charge is 0.262 e. The van der Waals surface area contributed by atoms with Gasteiger partial charge in [-0.15, -0.1) is 11.3 Å². The Balaban J connectivity index is 1.39. The van der Waals surface area contributed by atoms with Gasteiger partial charge >= 0.3 is 0 Å². The highest BCUT2D eigenvalue weighted by Crippen LogP contribution is 2.24. The molecule has 28 heavy (non-hydrogen) atoms. The monoisotopic (exact) mass is 419 g/mol. The number of nitrogens with zero attached hydrogens (tertiary/aromatic N) is 3. The molecule has 0 unspecified atom stereocenters. The number of amides is 3. The topological polar surface area (TPSA) is 95.1 Å². The van der Waals surface area contributed by atoms with Gasteiger partial charge in [-0.2, -0.15) is 4.31 Å². The van der Waals surface area contributed by atoms with E-state index in [0.29, 0.717) is 11.1 Å². The van der Waals surface area contributed by atoms with Crippen LogP contribution in [-0.4, -0.2) is 73.0 Å². The first-order chi connectivity index (χ1) is 13.4. The van der Waals surface area contributed by atoms with Crippen molar-refractivity contribution in [2.24, 2.45) is 0 Å². The second kappa shape index (κ2) is 7.12. The highest BCUT2D eigenvalue weighted by molar-refractivity contribution is 7.91.